The number of hydrazone groups is 1. The summed E-state index contributed by atoms with van der Waals surface area (Å²) in [5.41, 5.74) is 2.74. The number of methoxy groups -OCH3 is 2. The first kappa shape index (κ1) is 16.4. The topological polar surface area (TPSA) is 60.4 Å². The van der Waals surface area contributed by atoms with E-state index < -0.39 is 0 Å². The molecule has 0 unspecified atom stereocenters. The molecule has 1 amide bonds. The number of hydrogen-bond donors (Lipinski definition) is 0. The Bertz CT molecular complexity index is 876. The van der Waals surface area contributed by atoms with Crippen molar-refractivity contribution in [2.45, 2.75) is 13.0 Å². The van der Waals surface area contributed by atoms with Crippen LogP contribution in [-0.4, -0.2) is 37.5 Å². The highest BCUT2D eigenvalue weighted by Gasteiger charge is 2.44. The van der Waals surface area contributed by atoms with Crippen molar-refractivity contribution in [1.82, 2.24) is 5.01 Å². The lowest BCUT2D eigenvalue weighted by Gasteiger charge is -2.29. The smallest absolute Gasteiger partial charge is 0.240 e. The summed E-state index contributed by atoms with van der Waals surface area (Å²) in [7, 11) is 3.26. The van der Waals surface area contributed by atoms with Gasteiger partial charge in [0, 0.05) is 12.5 Å². The number of rotatable bonds is 3. The predicted molar refractivity (Wildman–Crippen MR) is 96.8 cm³/mol. The Balaban J connectivity index is 1.77. The van der Waals surface area contributed by atoms with E-state index in [9.17, 15) is 4.79 Å². The second-order valence-electron chi connectivity index (χ2n) is 6.35. The minimum atomic E-state index is -0.201. The summed E-state index contributed by atoms with van der Waals surface area (Å²) in [4.78, 5) is 12.3. The summed E-state index contributed by atoms with van der Waals surface area (Å²) in [5, 5.41) is 6.22. The van der Waals surface area contributed by atoms with Gasteiger partial charge in [-0.1, -0.05) is 12.1 Å². The second kappa shape index (κ2) is 6.37. The van der Waals surface area contributed by atoms with E-state index in [1.165, 1.54) is 6.92 Å². The normalized spacial score (nSPS) is 20.6. The van der Waals surface area contributed by atoms with Crippen LogP contribution in [0.15, 0.2) is 47.6 Å². The molecule has 6 nitrogen and oxygen atoms in total. The highest BCUT2D eigenvalue weighted by molar-refractivity contribution is 6.08. The molecule has 2 aromatic carbocycles. The van der Waals surface area contributed by atoms with Crippen LogP contribution in [0.3, 0.4) is 0 Å². The van der Waals surface area contributed by atoms with Crippen molar-refractivity contribution in [3.63, 3.8) is 0 Å². The molecule has 134 valence electrons. The van der Waals surface area contributed by atoms with Crippen LogP contribution < -0.4 is 14.2 Å². The van der Waals surface area contributed by atoms with Crippen LogP contribution in [0.5, 0.6) is 17.2 Å². The summed E-state index contributed by atoms with van der Waals surface area (Å²) in [6.45, 7) is 2.00. The lowest BCUT2D eigenvalue weighted by atomic mass is 9.85. The Morgan fingerprint density at radius 3 is 2.46 bits per heavy atom. The van der Waals surface area contributed by atoms with E-state index in [0.29, 0.717) is 6.61 Å². The Labute approximate surface area is 152 Å². The SMILES string of the molecule is COc1ccc([C@H]2[C@@H]3COc4ccc(OC)cc4C3=NN2C(C)=O)cc1. The summed E-state index contributed by atoms with van der Waals surface area (Å²) >= 11 is 0. The van der Waals surface area contributed by atoms with Gasteiger partial charge in [-0.05, 0) is 35.9 Å². The zero-order valence-electron chi connectivity index (χ0n) is 14.9. The molecule has 0 saturated carbocycles. The fourth-order valence-electron chi connectivity index (χ4n) is 3.58. The molecule has 2 aliphatic heterocycles. The first-order valence-corrected chi connectivity index (χ1v) is 8.46. The molecule has 2 heterocycles. The average molecular weight is 352 g/mol. The summed E-state index contributed by atoms with van der Waals surface area (Å²) in [6.07, 6.45) is 0. The molecule has 0 bridgehead atoms. The molecular formula is C20H20N2O4. The molecule has 0 aromatic heterocycles. The first-order valence-electron chi connectivity index (χ1n) is 8.46. The molecule has 0 fully saturated rings. The van der Waals surface area contributed by atoms with E-state index in [0.717, 1.165) is 34.1 Å². The van der Waals surface area contributed by atoms with Gasteiger partial charge in [0.25, 0.3) is 0 Å². The maximum Gasteiger partial charge on any atom is 0.240 e. The zero-order valence-corrected chi connectivity index (χ0v) is 14.9. The van der Waals surface area contributed by atoms with E-state index in [1.807, 2.05) is 42.5 Å². The van der Waals surface area contributed by atoms with Crippen LogP contribution in [0.25, 0.3) is 0 Å². The lowest BCUT2D eigenvalue weighted by Crippen LogP contribution is -2.34. The van der Waals surface area contributed by atoms with Gasteiger partial charge in [-0.3, -0.25) is 4.79 Å². The van der Waals surface area contributed by atoms with Gasteiger partial charge >= 0.3 is 0 Å². The number of carbonyl (C=O) groups is 1. The molecule has 0 N–H and O–H groups in total. The fraction of sp³-hybridized carbons (Fsp3) is 0.300. The van der Waals surface area contributed by atoms with Crippen molar-refractivity contribution in [3.05, 3.63) is 53.6 Å². The van der Waals surface area contributed by atoms with Gasteiger partial charge in [-0.15, -0.1) is 0 Å². The summed E-state index contributed by atoms with van der Waals surface area (Å²) < 4.78 is 16.5. The zero-order chi connectivity index (χ0) is 18.3. The van der Waals surface area contributed by atoms with Crippen molar-refractivity contribution in [1.29, 1.82) is 0 Å². The van der Waals surface area contributed by atoms with Gasteiger partial charge in [0.15, 0.2) is 0 Å². The Kier molecular flexibility index (Phi) is 4.03. The predicted octanol–water partition coefficient (Wildman–Crippen LogP) is 3.02. The maximum absolute atomic E-state index is 12.3. The number of amides is 1. The van der Waals surface area contributed by atoms with Crippen molar-refractivity contribution in [2.24, 2.45) is 11.0 Å². The number of carbonyl (C=O) groups excluding carboxylic acids is 1. The molecule has 26 heavy (non-hydrogen) atoms. The molecule has 4 rings (SSSR count). The van der Waals surface area contributed by atoms with Crippen LogP contribution in [0, 0.1) is 5.92 Å². The van der Waals surface area contributed by atoms with Crippen LogP contribution in [0.1, 0.15) is 24.1 Å². The Morgan fingerprint density at radius 1 is 1.12 bits per heavy atom. The third-order valence-electron chi connectivity index (χ3n) is 4.87. The summed E-state index contributed by atoms with van der Waals surface area (Å²) in [6, 6.07) is 13.2. The van der Waals surface area contributed by atoms with E-state index >= 15 is 0 Å². The molecule has 0 spiro atoms. The van der Waals surface area contributed by atoms with Crippen LogP contribution in [-0.2, 0) is 4.79 Å². The largest absolute Gasteiger partial charge is 0.497 e. The van der Waals surface area contributed by atoms with Crippen LogP contribution in [0.4, 0.5) is 0 Å². The lowest BCUT2D eigenvalue weighted by molar-refractivity contribution is -0.131. The fourth-order valence-corrected chi connectivity index (χ4v) is 3.58. The van der Waals surface area contributed by atoms with Gasteiger partial charge in [-0.2, -0.15) is 5.10 Å². The monoisotopic (exact) mass is 352 g/mol. The van der Waals surface area contributed by atoms with E-state index in [2.05, 4.69) is 5.10 Å². The van der Waals surface area contributed by atoms with Crippen molar-refractivity contribution in [3.8, 4) is 17.2 Å². The highest BCUT2D eigenvalue weighted by Crippen LogP contribution is 2.43. The van der Waals surface area contributed by atoms with Gasteiger partial charge in [0.1, 0.15) is 17.2 Å². The van der Waals surface area contributed by atoms with E-state index in [1.54, 1.807) is 19.2 Å². The standard InChI is InChI=1S/C20H20N2O4/c1-12(23)22-20(13-4-6-14(24-2)7-5-13)17-11-26-18-9-8-15(25-3)10-16(18)19(17)21-22/h4-10,17,20H,11H2,1-3H3/t17-,20+/m1/s1. The minimum Gasteiger partial charge on any atom is -0.497 e. The highest BCUT2D eigenvalue weighted by atomic mass is 16.5. The molecule has 2 atom stereocenters. The maximum atomic E-state index is 12.3. The van der Waals surface area contributed by atoms with Crippen molar-refractivity contribution < 1.29 is 19.0 Å². The first-order chi connectivity index (χ1) is 12.6. The van der Waals surface area contributed by atoms with Crippen LogP contribution >= 0.6 is 0 Å². The molecule has 2 aliphatic rings. The second-order valence-corrected chi connectivity index (χ2v) is 6.35. The number of ether oxygens (including phenoxy) is 3. The molecular weight excluding hydrogens is 332 g/mol. The van der Waals surface area contributed by atoms with Gasteiger partial charge in [0.2, 0.25) is 5.91 Å². The average Bonchev–Trinajstić information content (AvgIpc) is 3.08. The van der Waals surface area contributed by atoms with Crippen LogP contribution in [0.2, 0.25) is 0 Å². The third kappa shape index (κ3) is 2.58. The number of benzene rings is 2. The van der Waals surface area contributed by atoms with Gasteiger partial charge in [-0.25, -0.2) is 5.01 Å². The quantitative estimate of drug-likeness (QED) is 0.852. The molecule has 0 radical (unpaired) electrons. The van der Waals surface area contributed by atoms with Gasteiger partial charge in [0.05, 0.1) is 38.5 Å². The third-order valence-corrected chi connectivity index (χ3v) is 4.87. The minimum absolute atomic E-state index is 0.0353. The van der Waals surface area contributed by atoms with Crippen molar-refractivity contribution in [2.75, 3.05) is 20.8 Å². The molecule has 2 aromatic rings. The molecule has 0 saturated heterocycles. The van der Waals surface area contributed by atoms with E-state index in [-0.39, 0.29) is 17.9 Å². The van der Waals surface area contributed by atoms with Crippen molar-refractivity contribution >= 4 is 11.6 Å². The Hall–Kier alpha value is -3.02. The number of fused-ring (bicyclic) bond motifs is 3. The van der Waals surface area contributed by atoms with Gasteiger partial charge < -0.3 is 14.2 Å². The number of nitrogens with zero attached hydrogens (tertiary/aromatic N) is 2. The van der Waals surface area contributed by atoms with E-state index in [4.69, 9.17) is 14.2 Å². The molecule has 0 aliphatic carbocycles. The Morgan fingerprint density at radius 2 is 1.81 bits per heavy atom. The molecule has 6 heteroatoms. The number of hydrogen-bond acceptors (Lipinski definition) is 5. The summed E-state index contributed by atoms with van der Waals surface area (Å²) in [5.74, 6) is 2.14.